The number of methoxy groups -OCH3 is 2. The van der Waals surface area contributed by atoms with Gasteiger partial charge in [-0.15, -0.1) is 0 Å². The van der Waals surface area contributed by atoms with Crippen LogP contribution < -0.4 is 20.1 Å². The maximum atomic E-state index is 12.5. The molecule has 54 heavy (non-hydrogen) atoms. The van der Waals surface area contributed by atoms with E-state index in [0.717, 1.165) is 72.8 Å². The Morgan fingerprint density at radius 3 is 1.69 bits per heavy atom. The van der Waals surface area contributed by atoms with Crippen LogP contribution in [0, 0.1) is 13.8 Å². The van der Waals surface area contributed by atoms with Crippen molar-refractivity contribution in [1.29, 1.82) is 0 Å². The lowest BCUT2D eigenvalue weighted by atomic mass is 9.81. The minimum atomic E-state index is -0.0562. The Hall–Kier alpha value is -5.44. The molecule has 0 fully saturated rings. The van der Waals surface area contributed by atoms with E-state index >= 15 is 0 Å². The quantitative estimate of drug-likeness (QED) is 0.104. The fraction of sp³-hybridized carbons (Fsp3) is 0.304. The fourth-order valence-corrected chi connectivity index (χ4v) is 9.51. The summed E-state index contributed by atoms with van der Waals surface area (Å²) in [6, 6.07) is 19.5. The zero-order chi connectivity index (χ0) is 38.3. The van der Waals surface area contributed by atoms with Gasteiger partial charge in [0.15, 0.2) is 0 Å². The Labute approximate surface area is 316 Å². The third-order valence-corrected chi connectivity index (χ3v) is 11.7. The Bertz CT molecular complexity index is 2520. The van der Waals surface area contributed by atoms with E-state index in [1.807, 2.05) is 56.3 Å². The molecule has 278 valence electrons. The molecule has 2 heterocycles. The number of rotatable bonds is 5. The average molecular weight is 725 g/mol. The molecule has 0 aliphatic carbocycles. The van der Waals surface area contributed by atoms with Crippen molar-refractivity contribution in [2.24, 2.45) is 0 Å². The molecule has 0 aromatic heterocycles. The molecule has 8 heteroatoms. The van der Waals surface area contributed by atoms with E-state index in [-0.39, 0.29) is 47.2 Å². The molecule has 0 radical (unpaired) electrons. The molecular formula is C46H48N2O6. The Balaban J connectivity index is 1.43. The third kappa shape index (κ3) is 5.42. The maximum absolute atomic E-state index is 12.5. The van der Waals surface area contributed by atoms with E-state index in [9.17, 15) is 20.4 Å². The summed E-state index contributed by atoms with van der Waals surface area (Å²) in [5.41, 5.74) is 10.5. The molecular weight excluding hydrogens is 677 g/mol. The van der Waals surface area contributed by atoms with E-state index < -0.39 is 0 Å². The van der Waals surface area contributed by atoms with Crippen LogP contribution in [-0.4, -0.2) is 46.7 Å². The summed E-state index contributed by atoms with van der Waals surface area (Å²) in [5.74, 6) is 1.52. The number of aromatic hydroxyl groups is 4. The Morgan fingerprint density at radius 1 is 0.556 bits per heavy atom. The van der Waals surface area contributed by atoms with Gasteiger partial charge in [-0.1, -0.05) is 24.3 Å². The summed E-state index contributed by atoms with van der Waals surface area (Å²) in [6.45, 7) is 12.5. The van der Waals surface area contributed by atoms with Crippen molar-refractivity contribution in [3.8, 4) is 67.9 Å². The molecule has 4 unspecified atom stereocenters. The molecule has 4 atom stereocenters. The van der Waals surface area contributed by atoms with Crippen LogP contribution in [0.1, 0.15) is 73.2 Å². The summed E-state index contributed by atoms with van der Waals surface area (Å²) in [5, 5.41) is 56.5. The predicted octanol–water partition coefficient (Wildman–Crippen LogP) is 9.64. The summed E-state index contributed by atoms with van der Waals surface area (Å²) in [7, 11) is 3.19. The van der Waals surface area contributed by atoms with E-state index in [2.05, 4.69) is 44.4 Å². The molecule has 0 saturated heterocycles. The van der Waals surface area contributed by atoms with Gasteiger partial charge in [-0.05, 0) is 146 Å². The number of ether oxygens (including phenoxy) is 2. The van der Waals surface area contributed by atoms with Crippen LogP contribution in [0.3, 0.4) is 0 Å². The predicted molar refractivity (Wildman–Crippen MR) is 216 cm³/mol. The summed E-state index contributed by atoms with van der Waals surface area (Å²) in [4.78, 5) is 0. The SMILES string of the molecule is COc1cc(C)cc2c(-c3ccc(O)c4c3CC(C)NC4C)cc(-c3ccc4c(-c5ccc(O)c6c5CC(C)NC6C)c(C)cc(OC)c4c3O)c(O)c12. The van der Waals surface area contributed by atoms with Gasteiger partial charge in [0.25, 0.3) is 0 Å². The minimum Gasteiger partial charge on any atom is -0.508 e. The Morgan fingerprint density at radius 2 is 1.07 bits per heavy atom. The highest BCUT2D eigenvalue weighted by Gasteiger charge is 2.31. The minimum absolute atomic E-state index is 0.00863. The number of nitrogens with one attached hydrogen (secondary N) is 2. The van der Waals surface area contributed by atoms with Gasteiger partial charge < -0.3 is 40.5 Å². The normalized spacial score (nSPS) is 19.5. The molecule has 8 nitrogen and oxygen atoms in total. The van der Waals surface area contributed by atoms with Gasteiger partial charge in [-0.3, -0.25) is 0 Å². The zero-order valence-electron chi connectivity index (χ0n) is 32.1. The molecule has 6 aromatic carbocycles. The van der Waals surface area contributed by atoms with Crippen molar-refractivity contribution in [2.45, 2.75) is 78.6 Å². The molecule has 6 N–H and O–H groups in total. The number of hydrogen-bond acceptors (Lipinski definition) is 8. The van der Waals surface area contributed by atoms with Crippen LogP contribution >= 0.6 is 0 Å². The fourth-order valence-electron chi connectivity index (χ4n) is 9.51. The lowest BCUT2D eigenvalue weighted by Gasteiger charge is -2.32. The lowest BCUT2D eigenvalue weighted by Crippen LogP contribution is -2.36. The van der Waals surface area contributed by atoms with Crippen LogP contribution in [0.2, 0.25) is 0 Å². The monoisotopic (exact) mass is 724 g/mol. The van der Waals surface area contributed by atoms with Crippen LogP contribution in [0.4, 0.5) is 0 Å². The largest absolute Gasteiger partial charge is 0.508 e. The summed E-state index contributed by atoms with van der Waals surface area (Å²) in [6.07, 6.45) is 1.45. The first-order valence-corrected chi connectivity index (χ1v) is 18.7. The molecule has 2 aliphatic rings. The molecule has 2 aliphatic heterocycles. The number of phenols is 4. The van der Waals surface area contributed by atoms with Crippen LogP contribution in [0.5, 0.6) is 34.5 Å². The first-order chi connectivity index (χ1) is 25.8. The van der Waals surface area contributed by atoms with Crippen LogP contribution in [0.25, 0.3) is 54.9 Å². The smallest absolute Gasteiger partial charge is 0.135 e. The first kappa shape index (κ1) is 35.6. The second-order valence-electron chi connectivity index (χ2n) is 15.4. The number of hydrogen-bond donors (Lipinski definition) is 6. The molecule has 6 aromatic rings. The third-order valence-electron chi connectivity index (χ3n) is 11.7. The molecule has 0 amide bonds. The van der Waals surface area contributed by atoms with E-state index in [4.69, 9.17) is 9.47 Å². The average Bonchev–Trinajstić information content (AvgIpc) is 3.12. The summed E-state index contributed by atoms with van der Waals surface area (Å²) >= 11 is 0. The first-order valence-electron chi connectivity index (χ1n) is 18.7. The Kier molecular flexibility index (Phi) is 8.66. The molecule has 8 rings (SSSR count). The number of phenolic OH excluding ortho intramolecular Hbond substituents is 4. The highest BCUT2D eigenvalue weighted by molar-refractivity contribution is 6.12. The van der Waals surface area contributed by atoms with Crippen molar-refractivity contribution in [1.82, 2.24) is 10.6 Å². The summed E-state index contributed by atoms with van der Waals surface area (Å²) < 4.78 is 11.9. The number of fused-ring (bicyclic) bond motifs is 4. The van der Waals surface area contributed by atoms with E-state index in [0.29, 0.717) is 39.8 Å². The molecule has 0 bridgehead atoms. The van der Waals surface area contributed by atoms with Gasteiger partial charge in [0.2, 0.25) is 0 Å². The van der Waals surface area contributed by atoms with E-state index in [1.54, 1.807) is 26.4 Å². The van der Waals surface area contributed by atoms with Gasteiger partial charge in [-0.25, -0.2) is 0 Å². The second-order valence-corrected chi connectivity index (χ2v) is 15.4. The molecule has 0 saturated carbocycles. The number of aryl methyl sites for hydroxylation is 2. The van der Waals surface area contributed by atoms with Gasteiger partial charge in [0, 0.05) is 46.4 Å². The van der Waals surface area contributed by atoms with E-state index in [1.165, 1.54) is 0 Å². The number of benzene rings is 6. The zero-order valence-corrected chi connectivity index (χ0v) is 32.1. The topological polar surface area (TPSA) is 123 Å². The van der Waals surface area contributed by atoms with Crippen LogP contribution in [0.15, 0.2) is 60.7 Å². The van der Waals surface area contributed by atoms with Gasteiger partial charge >= 0.3 is 0 Å². The van der Waals surface area contributed by atoms with Gasteiger partial charge in [-0.2, -0.15) is 0 Å². The second kappa shape index (κ2) is 13.1. The standard InChI is InChI=1S/C46H48N2O6/c1-21-15-32-31(27-11-13-36(49)41-25(5)47-23(3)18-33(27)41)20-35(46(52)44(32)38(16-21)53-7)29-9-10-30-40(22(2)17-39(54-8)43(30)45(29)51)28-12-14-37(50)42-26(6)48-24(4)19-34(28)42/h9-17,20,23-26,47-52H,18-19H2,1-8H3. The maximum Gasteiger partial charge on any atom is 0.135 e. The lowest BCUT2D eigenvalue weighted by molar-refractivity contribution is 0.409. The molecule has 0 spiro atoms. The van der Waals surface area contributed by atoms with Crippen molar-refractivity contribution in [2.75, 3.05) is 14.2 Å². The van der Waals surface area contributed by atoms with Crippen molar-refractivity contribution >= 4 is 21.5 Å². The van der Waals surface area contributed by atoms with Gasteiger partial charge in [0.05, 0.1) is 25.0 Å². The highest BCUT2D eigenvalue weighted by atomic mass is 16.5. The highest BCUT2D eigenvalue weighted by Crippen LogP contribution is 2.53. The van der Waals surface area contributed by atoms with Gasteiger partial charge in [0.1, 0.15) is 34.5 Å². The van der Waals surface area contributed by atoms with Crippen molar-refractivity contribution in [3.63, 3.8) is 0 Å². The van der Waals surface area contributed by atoms with Crippen LogP contribution in [-0.2, 0) is 12.8 Å². The van der Waals surface area contributed by atoms with Crippen molar-refractivity contribution in [3.05, 3.63) is 94.0 Å². The van der Waals surface area contributed by atoms with Crippen molar-refractivity contribution < 1.29 is 29.9 Å².